The fourth-order valence-electron chi connectivity index (χ4n) is 2.93. The zero-order chi connectivity index (χ0) is 13.3. The molecule has 0 aliphatic heterocycles. The molecule has 2 aromatic rings. The molecule has 0 bridgehead atoms. The highest BCUT2D eigenvalue weighted by atomic mass is 79.9. The third-order valence-electron chi connectivity index (χ3n) is 3.97. The first-order chi connectivity index (χ1) is 9.16. The predicted octanol–water partition coefficient (Wildman–Crippen LogP) is 3.91. The molecule has 0 spiro atoms. The van der Waals surface area contributed by atoms with Crippen LogP contribution in [-0.2, 0) is 19.3 Å². The van der Waals surface area contributed by atoms with Crippen LogP contribution in [0.3, 0.4) is 0 Å². The molecule has 0 heterocycles. The number of hydrogen-bond donors (Lipinski definition) is 1. The lowest BCUT2D eigenvalue weighted by molar-refractivity contribution is 0.0266. The summed E-state index contributed by atoms with van der Waals surface area (Å²) in [4.78, 5) is 0. The van der Waals surface area contributed by atoms with Crippen molar-refractivity contribution in [1.29, 1.82) is 0 Å². The molecule has 0 saturated heterocycles. The number of aliphatic hydroxyl groups is 1. The Bertz CT molecular complexity index is 593. The molecule has 0 radical (unpaired) electrons. The van der Waals surface area contributed by atoms with Crippen LogP contribution in [0.4, 0.5) is 0 Å². The van der Waals surface area contributed by atoms with E-state index in [0.717, 1.165) is 23.7 Å². The van der Waals surface area contributed by atoms with Crippen LogP contribution in [0.1, 0.15) is 23.1 Å². The molecule has 98 valence electrons. The van der Waals surface area contributed by atoms with E-state index in [1.54, 1.807) is 0 Å². The Morgan fingerprint density at radius 1 is 1.00 bits per heavy atom. The van der Waals surface area contributed by atoms with Crippen LogP contribution >= 0.6 is 15.9 Å². The van der Waals surface area contributed by atoms with Gasteiger partial charge >= 0.3 is 0 Å². The largest absolute Gasteiger partial charge is 0.389 e. The standard InChI is InChI=1S/C17H17BrO/c18-16-8-4-3-7-15(16)12-17(19)10-9-13-5-1-2-6-14(13)11-17/h1-8,19H,9-12H2. The van der Waals surface area contributed by atoms with Crippen molar-refractivity contribution in [2.45, 2.75) is 31.3 Å². The van der Waals surface area contributed by atoms with Gasteiger partial charge in [0.05, 0.1) is 5.60 Å². The van der Waals surface area contributed by atoms with Gasteiger partial charge in [0.15, 0.2) is 0 Å². The van der Waals surface area contributed by atoms with Crippen LogP contribution in [0.25, 0.3) is 0 Å². The lowest BCUT2D eigenvalue weighted by Gasteiger charge is -2.34. The second-order valence-electron chi connectivity index (χ2n) is 5.44. The molecule has 2 aromatic carbocycles. The van der Waals surface area contributed by atoms with Crippen LogP contribution in [0.2, 0.25) is 0 Å². The Morgan fingerprint density at radius 3 is 2.47 bits per heavy atom. The molecule has 1 aliphatic carbocycles. The average Bonchev–Trinajstić information content (AvgIpc) is 2.41. The molecule has 3 rings (SSSR count). The van der Waals surface area contributed by atoms with E-state index >= 15 is 0 Å². The summed E-state index contributed by atoms with van der Waals surface area (Å²) in [6.07, 6.45) is 3.27. The highest BCUT2D eigenvalue weighted by Gasteiger charge is 2.32. The quantitative estimate of drug-likeness (QED) is 0.890. The number of aryl methyl sites for hydroxylation is 1. The Kier molecular flexibility index (Phi) is 3.46. The SMILES string of the molecule is OC1(Cc2ccccc2Br)CCc2ccccc2C1. The highest BCUT2D eigenvalue weighted by Crippen LogP contribution is 2.32. The molecular weight excluding hydrogens is 300 g/mol. The van der Waals surface area contributed by atoms with Gasteiger partial charge < -0.3 is 5.11 Å². The monoisotopic (exact) mass is 316 g/mol. The average molecular weight is 317 g/mol. The molecule has 19 heavy (non-hydrogen) atoms. The van der Waals surface area contributed by atoms with E-state index in [4.69, 9.17) is 0 Å². The van der Waals surface area contributed by atoms with Crippen molar-refractivity contribution in [3.8, 4) is 0 Å². The highest BCUT2D eigenvalue weighted by molar-refractivity contribution is 9.10. The van der Waals surface area contributed by atoms with Gasteiger partial charge in [0.1, 0.15) is 0 Å². The Balaban J connectivity index is 1.84. The fourth-order valence-corrected chi connectivity index (χ4v) is 3.36. The second kappa shape index (κ2) is 5.10. The molecule has 2 heteroatoms. The normalized spacial score (nSPS) is 22.0. The predicted molar refractivity (Wildman–Crippen MR) is 81.3 cm³/mol. The molecule has 0 fully saturated rings. The van der Waals surface area contributed by atoms with Gasteiger partial charge in [-0.1, -0.05) is 58.4 Å². The Hall–Kier alpha value is -1.12. The fraction of sp³-hybridized carbons (Fsp3) is 0.294. The zero-order valence-electron chi connectivity index (χ0n) is 10.8. The van der Waals surface area contributed by atoms with Gasteiger partial charge in [-0.2, -0.15) is 0 Å². The van der Waals surface area contributed by atoms with Crippen molar-refractivity contribution in [2.24, 2.45) is 0 Å². The molecule has 0 amide bonds. The lowest BCUT2D eigenvalue weighted by atomic mass is 9.77. The van der Waals surface area contributed by atoms with Gasteiger partial charge in [0, 0.05) is 17.3 Å². The molecule has 0 saturated carbocycles. The maximum Gasteiger partial charge on any atom is 0.0731 e. The van der Waals surface area contributed by atoms with E-state index in [0.29, 0.717) is 6.42 Å². The van der Waals surface area contributed by atoms with Crippen LogP contribution in [-0.4, -0.2) is 10.7 Å². The first-order valence-corrected chi connectivity index (χ1v) is 7.48. The Labute approximate surface area is 122 Å². The van der Waals surface area contributed by atoms with E-state index in [1.807, 2.05) is 18.2 Å². The summed E-state index contributed by atoms with van der Waals surface area (Å²) < 4.78 is 1.09. The summed E-state index contributed by atoms with van der Waals surface area (Å²) in [6.45, 7) is 0. The first-order valence-electron chi connectivity index (χ1n) is 6.69. The third-order valence-corrected chi connectivity index (χ3v) is 4.75. The van der Waals surface area contributed by atoms with Crippen molar-refractivity contribution in [1.82, 2.24) is 0 Å². The van der Waals surface area contributed by atoms with Gasteiger partial charge in [0.2, 0.25) is 0 Å². The minimum absolute atomic E-state index is 0.613. The summed E-state index contributed by atoms with van der Waals surface area (Å²) in [6, 6.07) is 16.6. The summed E-state index contributed by atoms with van der Waals surface area (Å²) >= 11 is 3.57. The number of hydrogen-bond acceptors (Lipinski definition) is 1. The summed E-state index contributed by atoms with van der Waals surface area (Å²) in [5.74, 6) is 0. The molecule has 1 nitrogen and oxygen atoms in total. The van der Waals surface area contributed by atoms with Crippen molar-refractivity contribution < 1.29 is 5.11 Å². The van der Waals surface area contributed by atoms with E-state index in [1.165, 1.54) is 16.7 Å². The van der Waals surface area contributed by atoms with Crippen LogP contribution in [0, 0.1) is 0 Å². The number of fused-ring (bicyclic) bond motifs is 1. The number of halogens is 1. The zero-order valence-corrected chi connectivity index (χ0v) is 12.4. The van der Waals surface area contributed by atoms with Gasteiger partial charge in [-0.05, 0) is 35.6 Å². The van der Waals surface area contributed by atoms with E-state index in [-0.39, 0.29) is 0 Å². The molecule has 1 N–H and O–H groups in total. The van der Waals surface area contributed by atoms with E-state index in [9.17, 15) is 5.11 Å². The van der Waals surface area contributed by atoms with Crippen LogP contribution < -0.4 is 0 Å². The van der Waals surface area contributed by atoms with Crippen molar-refractivity contribution in [3.63, 3.8) is 0 Å². The maximum absolute atomic E-state index is 10.9. The summed E-state index contributed by atoms with van der Waals surface area (Å²) in [7, 11) is 0. The number of benzene rings is 2. The maximum atomic E-state index is 10.9. The minimum atomic E-state index is -0.613. The van der Waals surface area contributed by atoms with Gasteiger partial charge in [-0.3, -0.25) is 0 Å². The third kappa shape index (κ3) is 2.75. The van der Waals surface area contributed by atoms with Crippen LogP contribution in [0.5, 0.6) is 0 Å². The summed E-state index contributed by atoms with van der Waals surface area (Å²) in [5, 5.41) is 10.9. The first kappa shape index (κ1) is 12.9. The Morgan fingerprint density at radius 2 is 1.68 bits per heavy atom. The minimum Gasteiger partial charge on any atom is -0.389 e. The smallest absolute Gasteiger partial charge is 0.0731 e. The van der Waals surface area contributed by atoms with Crippen molar-refractivity contribution in [3.05, 3.63) is 69.7 Å². The molecule has 0 aromatic heterocycles. The molecule has 1 aliphatic rings. The molecule has 1 atom stereocenters. The van der Waals surface area contributed by atoms with Crippen molar-refractivity contribution in [2.75, 3.05) is 0 Å². The van der Waals surface area contributed by atoms with E-state index < -0.39 is 5.60 Å². The molecular formula is C17H17BrO. The van der Waals surface area contributed by atoms with Crippen molar-refractivity contribution >= 4 is 15.9 Å². The summed E-state index contributed by atoms with van der Waals surface area (Å²) in [5.41, 5.74) is 3.25. The van der Waals surface area contributed by atoms with Gasteiger partial charge in [-0.25, -0.2) is 0 Å². The molecule has 1 unspecified atom stereocenters. The van der Waals surface area contributed by atoms with Crippen LogP contribution in [0.15, 0.2) is 53.0 Å². The number of rotatable bonds is 2. The lowest BCUT2D eigenvalue weighted by Crippen LogP contribution is -2.38. The van der Waals surface area contributed by atoms with Gasteiger partial charge in [0.25, 0.3) is 0 Å². The topological polar surface area (TPSA) is 20.2 Å². The van der Waals surface area contributed by atoms with Gasteiger partial charge in [-0.15, -0.1) is 0 Å². The second-order valence-corrected chi connectivity index (χ2v) is 6.29. The van der Waals surface area contributed by atoms with E-state index in [2.05, 4.69) is 46.3 Å².